The van der Waals surface area contributed by atoms with E-state index in [0.29, 0.717) is 23.7 Å². The van der Waals surface area contributed by atoms with Crippen molar-refractivity contribution in [1.82, 2.24) is 4.90 Å². The first kappa shape index (κ1) is 19.1. The Kier molecular flexibility index (Phi) is 7.46. The van der Waals surface area contributed by atoms with E-state index in [0.717, 1.165) is 0 Å². The third kappa shape index (κ3) is 4.77. The number of carbonyl (C=O) groups excluding carboxylic acids is 1. The average molecular weight is 348 g/mol. The Bertz CT molecular complexity index is 510. The minimum absolute atomic E-state index is 0.164. The van der Waals surface area contributed by atoms with Crippen molar-refractivity contribution in [3.8, 4) is 5.75 Å². The Morgan fingerprint density at radius 1 is 1.14 bits per heavy atom. The third-order valence-corrected chi connectivity index (χ3v) is 3.99. The first-order valence-electron chi connectivity index (χ1n) is 7.24. The normalized spacial score (nSPS) is 11.4. The molecule has 0 bridgehead atoms. The summed E-state index contributed by atoms with van der Waals surface area (Å²) in [6, 6.07) is 3.89. The summed E-state index contributed by atoms with van der Waals surface area (Å²) in [5.41, 5.74) is 0.164. The molecule has 0 radical (unpaired) electrons. The van der Waals surface area contributed by atoms with Crippen LogP contribution in [0.25, 0.3) is 0 Å². The van der Waals surface area contributed by atoms with Crippen LogP contribution in [-0.4, -0.2) is 43.2 Å². The quantitative estimate of drug-likeness (QED) is 0.690. The van der Waals surface area contributed by atoms with E-state index in [9.17, 15) is 4.79 Å². The number of esters is 1. The van der Waals surface area contributed by atoms with Crippen molar-refractivity contribution in [2.75, 3.05) is 20.3 Å². The lowest BCUT2D eigenvalue weighted by atomic mass is 10.2. The summed E-state index contributed by atoms with van der Waals surface area (Å²) < 4.78 is 10.5. The molecule has 0 saturated heterocycles. The second-order valence-electron chi connectivity index (χ2n) is 5.50. The highest BCUT2D eigenvalue weighted by Crippen LogP contribution is 2.34. The lowest BCUT2D eigenvalue weighted by Crippen LogP contribution is -2.39. The van der Waals surface area contributed by atoms with Crippen LogP contribution in [-0.2, 0) is 4.74 Å². The Morgan fingerprint density at radius 3 is 2.18 bits per heavy atom. The highest BCUT2D eigenvalue weighted by molar-refractivity contribution is 6.37. The van der Waals surface area contributed by atoms with E-state index in [-0.39, 0.29) is 22.9 Å². The van der Waals surface area contributed by atoms with E-state index in [1.165, 1.54) is 7.11 Å². The summed E-state index contributed by atoms with van der Waals surface area (Å²) in [6.45, 7) is 9.37. The zero-order valence-electron chi connectivity index (χ0n) is 13.7. The van der Waals surface area contributed by atoms with Crippen molar-refractivity contribution >= 4 is 29.2 Å². The summed E-state index contributed by atoms with van der Waals surface area (Å²) in [6.07, 6.45) is 0. The second-order valence-corrected chi connectivity index (χ2v) is 6.31. The highest BCUT2D eigenvalue weighted by atomic mass is 35.5. The summed E-state index contributed by atoms with van der Waals surface area (Å²) >= 11 is 12.1. The highest BCUT2D eigenvalue weighted by Gasteiger charge is 2.21. The van der Waals surface area contributed by atoms with E-state index >= 15 is 0 Å². The minimum atomic E-state index is -0.531. The minimum Gasteiger partial charge on any atom is -0.494 e. The molecule has 4 nitrogen and oxygen atoms in total. The summed E-state index contributed by atoms with van der Waals surface area (Å²) in [4.78, 5) is 14.5. The Morgan fingerprint density at radius 2 is 1.68 bits per heavy atom. The number of nitrogens with zero attached hydrogens (tertiary/aromatic N) is 1. The Hall–Kier alpha value is -0.970. The van der Waals surface area contributed by atoms with Gasteiger partial charge >= 0.3 is 5.97 Å². The van der Waals surface area contributed by atoms with E-state index in [1.54, 1.807) is 12.1 Å². The molecule has 0 unspecified atom stereocenters. The maximum absolute atomic E-state index is 12.3. The molecule has 22 heavy (non-hydrogen) atoms. The molecule has 0 atom stereocenters. The predicted octanol–water partition coefficient (Wildman–Crippen LogP) is 4.28. The number of hydrogen-bond donors (Lipinski definition) is 0. The molecule has 0 aliphatic rings. The molecule has 0 heterocycles. The maximum atomic E-state index is 12.3. The smallest absolute Gasteiger partial charge is 0.343 e. The molecule has 0 amide bonds. The van der Waals surface area contributed by atoms with Crippen molar-refractivity contribution in [1.29, 1.82) is 0 Å². The van der Waals surface area contributed by atoms with Crippen molar-refractivity contribution in [3.05, 3.63) is 27.7 Å². The molecule has 124 valence electrons. The molecule has 0 aliphatic carbocycles. The molecule has 6 heteroatoms. The number of halogens is 2. The fourth-order valence-corrected chi connectivity index (χ4v) is 2.81. The summed E-state index contributed by atoms with van der Waals surface area (Å²) in [7, 11) is 1.44. The number of carbonyl (C=O) groups is 1. The zero-order chi connectivity index (χ0) is 16.9. The molecule has 0 fully saturated rings. The Labute approximate surface area is 142 Å². The van der Waals surface area contributed by atoms with Gasteiger partial charge in [0, 0.05) is 18.6 Å². The standard InChI is InChI=1S/C16H23Cl2NO3/c1-10(2)19(11(3)4)8-9-22-16(20)14-12(17)6-7-13(18)15(14)21-5/h6-7,10-11H,8-9H2,1-5H3. The lowest BCUT2D eigenvalue weighted by Gasteiger charge is -2.30. The molecular weight excluding hydrogens is 325 g/mol. The van der Waals surface area contributed by atoms with Gasteiger partial charge in [0.25, 0.3) is 0 Å². The number of ether oxygens (including phenoxy) is 2. The fraction of sp³-hybridized carbons (Fsp3) is 0.562. The summed E-state index contributed by atoms with van der Waals surface area (Å²) in [5, 5.41) is 0.584. The van der Waals surface area contributed by atoms with Gasteiger partial charge in [-0.1, -0.05) is 23.2 Å². The van der Waals surface area contributed by atoms with Crippen LogP contribution < -0.4 is 4.74 Å². The van der Waals surface area contributed by atoms with E-state index in [1.807, 2.05) is 0 Å². The molecule has 0 aromatic heterocycles. The number of methoxy groups -OCH3 is 1. The van der Waals surface area contributed by atoms with Gasteiger partial charge in [-0.2, -0.15) is 0 Å². The molecule has 0 N–H and O–H groups in total. The summed E-state index contributed by atoms with van der Waals surface area (Å²) in [5.74, 6) is -0.291. The van der Waals surface area contributed by atoms with Crippen LogP contribution in [0.15, 0.2) is 12.1 Å². The topological polar surface area (TPSA) is 38.8 Å². The van der Waals surface area contributed by atoms with Crippen LogP contribution in [0.1, 0.15) is 38.1 Å². The molecule has 0 spiro atoms. The van der Waals surface area contributed by atoms with Gasteiger partial charge in [-0.25, -0.2) is 4.79 Å². The molecular formula is C16H23Cl2NO3. The van der Waals surface area contributed by atoms with Gasteiger partial charge < -0.3 is 9.47 Å². The number of benzene rings is 1. The molecule has 0 saturated carbocycles. The average Bonchev–Trinajstić information content (AvgIpc) is 2.44. The molecule has 1 aromatic rings. The van der Waals surface area contributed by atoms with Gasteiger partial charge in [0.15, 0.2) is 5.75 Å². The van der Waals surface area contributed by atoms with Crippen molar-refractivity contribution in [2.24, 2.45) is 0 Å². The van der Waals surface area contributed by atoms with E-state index < -0.39 is 5.97 Å². The van der Waals surface area contributed by atoms with Crippen LogP contribution in [0.4, 0.5) is 0 Å². The maximum Gasteiger partial charge on any atom is 0.343 e. The van der Waals surface area contributed by atoms with Crippen LogP contribution in [0.5, 0.6) is 5.75 Å². The van der Waals surface area contributed by atoms with Gasteiger partial charge in [0.05, 0.1) is 17.2 Å². The lowest BCUT2D eigenvalue weighted by molar-refractivity contribution is 0.0414. The molecule has 1 rings (SSSR count). The monoisotopic (exact) mass is 347 g/mol. The van der Waals surface area contributed by atoms with Gasteiger partial charge in [0.2, 0.25) is 0 Å². The third-order valence-electron chi connectivity index (χ3n) is 3.38. The SMILES string of the molecule is COc1c(Cl)ccc(Cl)c1C(=O)OCCN(C(C)C)C(C)C. The van der Waals surface area contributed by atoms with E-state index in [4.69, 9.17) is 32.7 Å². The largest absolute Gasteiger partial charge is 0.494 e. The molecule has 0 aliphatic heterocycles. The van der Waals surface area contributed by atoms with Crippen molar-refractivity contribution in [3.63, 3.8) is 0 Å². The van der Waals surface area contributed by atoms with Crippen molar-refractivity contribution < 1.29 is 14.3 Å². The van der Waals surface area contributed by atoms with Crippen LogP contribution in [0.3, 0.4) is 0 Å². The van der Waals surface area contributed by atoms with Gasteiger partial charge in [-0.3, -0.25) is 4.90 Å². The molecule has 1 aromatic carbocycles. The van der Waals surface area contributed by atoms with E-state index in [2.05, 4.69) is 32.6 Å². The van der Waals surface area contributed by atoms with Crippen LogP contribution >= 0.6 is 23.2 Å². The van der Waals surface area contributed by atoms with Crippen LogP contribution in [0, 0.1) is 0 Å². The Balaban J connectivity index is 2.77. The first-order chi connectivity index (χ1) is 10.3. The zero-order valence-corrected chi connectivity index (χ0v) is 15.2. The number of hydrogen-bond acceptors (Lipinski definition) is 4. The fourth-order valence-electron chi connectivity index (χ4n) is 2.35. The van der Waals surface area contributed by atoms with Gasteiger partial charge in [0.1, 0.15) is 12.2 Å². The predicted molar refractivity (Wildman–Crippen MR) is 90.3 cm³/mol. The van der Waals surface area contributed by atoms with Crippen molar-refractivity contribution in [2.45, 2.75) is 39.8 Å². The number of rotatable bonds is 7. The van der Waals surface area contributed by atoms with Gasteiger partial charge in [-0.15, -0.1) is 0 Å². The first-order valence-corrected chi connectivity index (χ1v) is 8.00. The van der Waals surface area contributed by atoms with Gasteiger partial charge in [-0.05, 0) is 39.8 Å². The second kappa shape index (κ2) is 8.61. The van der Waals surface area contributed by atoms with Crippen LogP contribution in [0.2, 0.25) is 10.0 Å².